The highest BCUT2D eigenvalue weighted by atomic mass is 16.4. The summed E-state index contributed by atoms with van der Waals surface area (Å²) in [5.74, 6) is -1.12. The molecule has 2 N–H and O–H groups in total. The lowest BCUT2D eigenvalue weighted by Gasteiger charge is -2.41. The Morgan fingerprint density at radius 3 is 2.31 bits per heavy atom. The van der Waals surface area contributed by atoms with Crippen molar-refractivity contribution in [3.05, 3.63) is 71.3 Å². The second kappa shape index (κ2) is 12.1. The molecule has 2 amide bonds. The Morgan fingerprint density at radius 2 is 1.69 bits per heavy atom. The smallest absolute Gasteiger partial charge is 0.305 e. The summed E-state index contributed by atoms with van der Waals surface area (Å²) >= 11 is 0. The standard InChI is InChI=1S/C32H41N3O4/c1-31(2,3)20-16-26(23-12-14-25(15-13-23)29(38)33-21-17-27(36)37)22-35-30(39)28(24-10-6-4-7-11-24)34-32(35)18-8-5-9-19-32/h4,6-7,10-15,26H,5,8-9,16-22H2,1-3H3,(H,33,38)(H,36,37). The van der Waals surface area contributed by atoms with Crippen LogP contribution in [0.15, 0.2) is 59.6 Å². The monoisotopic (exact) mass is 531 g/mol. The third kappa shape index (κ3) is 7.14. The lowest BCUT2D eigenvalue weighted by Crippen LogP contribution is -2.49. The number of carbonyl (C=O) groups is 3. The van der Waals surface area contributed by atoms with Crippen LogP contribution in [0.2, 0.25) is 0 Å². The lowest BCUT2D eigenvalue weighted by atomic mass is 9.82. The van der Waals surface area contributed by atoms with Crippen LogP contribution >= 0.6 is 0 Å². The first-order chi connectivity index (χ1) is 18.6. The maximum Gasteiger partial charge on any atom is 0.305 e. The number of amides is 2. The summed E-state index contributed by atoms with van der Waals surface area (Å²) in [6.45, 7) is 7.37. The average molecular weight is 532 g/mol. The van der Waals surface area contributed by atoms with Crippen LogP contribution in [-0.4, -0.2) is 52.3 Å². The number of carboxylic acid groups (broad SMARTS) is 1. The quantitative estimate of drug-likeness (QED) is 0.405. The van der Waals surface area contributed by atoms with Gasteiger partial charge in [-0.3, -0.25) is 19.4 Å². The van der Waals surface area contributed by atoms with E-state index in [1.807, 2.05) is 47.4 Å². The molecule has 1 spiro atoms. The second-order valence-electron chi connectivity index (χ2n) is 12.1. The molecule has 2 aromatic carbocycles. The van der Waals surface area contributed by atoms with Crippen LogP contribution in [0, 0.1) is 5.41 Å². The molecular weight excluding hydrogens is 490 g/mol. The molecule has 1 atom stereocenters. The van der Waals surface area contributed by atoms with Gasteiger partial charge in [0.1, 0.15) is 11.4 Å². The first-order valence-electron chi connectivity index (χ1n) is 14.2. The van der Waals surface area contributed by atoms with Crippen LogP contribution in [0.25, 0.3) is 0 Å². The van der Waals surface area contributed by atoms with E-state index in [0.717, 1.165) is 49.7 Å². The van der Waals surface area contributed by atoms with Crippen LogP contribution in [0.4, 0.5) is 0 Å². The van der Waals surface area contributed by atoms with E-state index in [1.165, 1.54) is 6.42 Å². The van der Waals surface area contributed by atoms with Gasteiger partial charge < -0.3 is 15.3 Å². The third-order valence-corrected chi connectivity index (χ3v) is 7.89. The Labute approximate surface area is 231 Å². The van der Waals surface area contributed by atoms with Crippen LogP contribution in [0.5, 0.6) is 0 Å². The molecule has 1 aliphatic carbocycles. The molecule has 7 nitrogen and oxygen atoms in total. The van der Waals surface area contributed by atoms with Crippen LogP contribution < -0.4 is 5.32 Å². The van der Waals surface area contributed by atoms with E-state index in [2.05, 4.69) is 26.1 Å². The Balaban J connectivity index is 1.59. The number of rotatable bonds is 10. The van der Waals surface area contributed by atoms with E-state index in [9.17, 15) is 14.4 Å². The van der Waals surface area contributed by atoms with Gasteiger partial charge in [0.2, 0.25) is 0 Å². The fourth-order valence-electron chi connectivity index (χ4n) is 5.65. The van der Waals surface area contributed by atoms with Crippen LogP contribution in [0.1, 0.15) is 99.5 Å². The minimum Gasteiger partial charge on any atom is -0.481 e. The summed E-state index contributed by atoms with van der Waals surface area (Å²) in [6, 6.07) is 17.3. The van der Waals surface area contributed by atoms with Crippen molar-refractivity contribution < 1.29 is 19.5 Å². The molecule has 7 heteroatoms. The number of carboxylic acids is 1. The number of hydrogen-bond acceptors (Lipinski definition) is 4. The molecule has 1 fully saturated rings. The summed E-state index contributed by atoms with van der Waals surface area (Å²) in [5.41, 5.74) is 2.69. The number of hydrogen-bond donors (Lipinski definition) is 2. The maximum atomic E-state index is 13.9. The molecule has 1 saturated carbocycles. The maximum absolute atomic E-state index is 13.9. The predicted octanol–water partition coefficient (Wildman–Crippen LogP) is 5.79. The number of aliphatic carboxylic acids is 1. The molecule has 39 heavy (non-hydrogen) atoms. The first kappa shape index (κ1) is 28.5. The fraction of sp³-hybridized carbons (Fsp3) is 0.500. The molecule has 4 rings (SSSR count). The van der Waals surface area contributed by atoms with E-state index in [0.29, 0.717) is 17.8 Å². The van der Waals surface area contributed by atoms with Crippen molar-refractivity contribution in [1.29, 1.82) is 0 Å². The number of benzene rings is 2. The topological polar surface area (TPSA) is 99.1 Å². The molecule has 2 aromatic rings. The molecule has 1 heterocycles. The zero-order valence-electron chi connectivity index (χ0n) is 23.4. The summed E-state index contributed by atoms with van der Waals surface area (Å²) in [5, 5.41) is 11.5. The molecule has 2 aliphatic rings. The van der Waals surface area contributed by atoms with Crippen molar-refractivity contribution in [2.75, 3.05) is 13.1 Å². The largest absolute Gasteiger partial charge is 0.481 e. The van der Waals surface area contributed by atoms with Gasteiger partial charge in [0.15, 0.2) is 0 Å². The number of aliphatic imine (C=N–C) groups is 1. The van der Waals surface area contributed by atoms with Crippen molar-refractivity contribution in [1.82, 2.24) is 10.2 Å². The normalized spacial score (nSPS) is 17.7. The Bertz CT molecular complexity index is 1190. The molecular formula is C32H41N3O4. The van der Waals surface area contributed by atoms with Gasteiger partial charge in [-0.25, -0.2) is 0 Å². The lowest BCUT2D eigenvalue weighted by molar-refractivity contribution is -0.136. The average Bonchev–Trinajstić information content (AvgIpc) is 3.17. The Morgan fingerprint density at radius 1 is 1.03 bits per heavy atom. The van der Waals surface area contributed by atoms with Gasteiger partial charge in [-0.15, -0.1) is 0 Å². The molecule has 0 bridgehead atoms. The van der Waals surface area contributed by atoms with Gasteiger partial charge in [-0.1, -0.05) is 69.7 Å². The van der Waals surface area contributed by atoms with Gasteiger partial charge >= 0.3 is 5.97 Å². The predicted molar refractivity (Wildman–Crippen MR) is 153 cm³/mol. The highest BCUT2D eigenvalue weighted by Crippen LogP contribution is 2.42. The molecule has 0 radical (unpaired) electrons. The first-order valence-corrected chi connectivity index (χ1v) is 14.2. The van der Waals surface area contributed by atoms with Crippen LogP contribution in [0.3, 0.4) is 0 Å². The summed E-state index contributed by atoms with van der Waals surface area (Å²) in [6.07, 6.45) is 6.86. The summed E-state index contributed by atoms with van der Waals surface area (Å²) in [7, 11) is 0. The molecule has 1 unspecified atom stereocenters. The van der Waals surface area contributed by atoms with Gasteiger partial charge in [0.25, 0.3) is 11.8 Å². The SMILES string of the molecule is CC(C)(C)CCC(CN1C(=O)C(c2ccccc2)=NC12CCCCC2)c1ccc(C(=O)NCCC(=O)O)cc1. The summed E-state index contributed by atoms with van der Waals surface area (Å²) < 4.78 is 0. The zero-order chi connectivity index (χ0) is 28.0. The molecule has 208 valence electrons. The van der Waals surface area contributed by atoms with Crippen molar-refractivity contribution in [3.63, 3.8) is 0 Å². The minimum absolute atomic E-state index is 0.0123. The van der Waals surface area contributed by atoms with Crippen molar-refractivity contribution in [2.24, 2.45) is 10.4 Å². The molecule has 0 aromatic heterocycles. The highest BCUT2D eigenvalue weighted by molar-refractivity contribution is 6.46. The highest BCUT2D eigenvalue weighted by Gasteiger charge is 2.48. The molecule has 0 saturated heterocycles. The molecule has 1 aliphatic heterocycles. The van der Waals surface area contributed by atoms with E-state index < -0.39 is 11.6 Å². The van der Waals surface area contributed by atoms with Crippen molar-refractivity contribution >= 4 is 23.5 Å². The van der Waals surface area contributed by atoms with E-state index >= 15 is 0 Å². The van der Waals surface area contributed by atoms with Gasteiger partial charge in [-0.2, -0.15) is 0 Å². The van der Waals surface area contributed by atoms with Gasteiger partial charge in [0, 0.05) is 30.1 Å². The van der Waals surface area contributed by atoms with Crippen molar-refractivity contribution in [2.45, 2.75) is 83.7 Å². The number of nitrogens with zero attached hydrogens (tertiary/aromatic N) is 2. The zero-order valence-corrected chi connectivity index (χ0v) is 23.4. The number of nitrogens with one attached hydrogen (secondary N) is 1. The van der Waals surface area contributed by atoms with Crippen LogP contribution in [-0.2, 0) is 9.59 Å². The van der Waals surface area contributed by atoms with Gasteiger partial charge in [-0.05, 0) is 61.6 Å². The van der Waals surface area contributed by atoms with E-state index in [-0.39, 0.29) is 36.1 Å². The van der Waals surface area contributed by atoms with E-state index in [1.54, 1.807) is 12.1 Å². The Kier molecular flexibility index (Phi) is 8.88. The van der Waals surface area contributed by atoms with Crippen molar-refractivity contribution in [3.8, 4) is 0 Å². The minimum atomic E-state index is -0.945. The fourth-order valence-corrected chi connectivity index (χ4v) is 5.65. The van der Waals surface area contributed by atoms with E-state index in [4.69, 9.17) is 10.1 Å². The Hall–Kier alpha value is -3.48. The third-order valence-electron chi connectivity index (χ3n) is 7.89. The number of carbonyl (C=O) groups excluding carboxylic acids is 2. The second-order valence-corrected chi connectivity index (χ2v) is 12.1. The van der Waals surface area contributed by atoms with Gasteiger partial charge in [0.05, 0.1) is 6.42 Å². The summed E-state index contributed by atoms with van der Waals surface area (Å²) in [4.78, 5) is 44.4.